The molecular formula is C27H32O4. The van der Waals surface area contributed by atoms with Gasteiger partial charge in [0.25, 0.3) is 0 Å². The number of hydrogen-bond acceptors (Lipinski definition) is 3. The molecule has 2 aromatic carbocycles. The standard InChI is InChI=1S/C27H32O4/c1-17(2)6-5-15-27(4)23-14-7-18(3)30-25(23)22-13-12-21(16-24(22)31-27)19-8-10-20(11-9-19)26(28)29/h6,8-13,16,18,23,25H,5,7,14-15H2,1-4H3,(H,28,29)/t18-,23-,25+,27-/m1/s1. The number of benzene rings is 2. The Labute approximate surface area is 184 Å². The minimum absolute atomic E-state index is 0.0487. The molecule has 1 N–H and O–H groups in total. The lowest BCUT2D eigenvalue weighted by atomic mass is 9.72. The van der Waals surface area contributed by atoms with Crippen LogP contribution in [-0.4, -0.2) is 22.8 Å². The van der Waals surface area contributed by atoms with E-state index in [-0.39, 0.29) is 23.4 Å². The highest BCUT2D eigenvalue weighted by Crippen LogP contribution is 2.52. The summed E-state index contributed by atoms with van der Waals surface area (Å²) in [7, 11) is 0. The van der Waals surface area contributed by atoms with Gasteiger partial charge in [-0.25, -0.2) is 4.79 Å². The highest BCUT2D eigenvalue weighted by atomic mass is 16.5. The Kier molecular flexibility index (Phi) is 5.94. The quantitative estimate of drug-likeness (QED) is 0.540. The number of ether oxygens (including phenoxy) is 2. The summed E-state index contributed by atoms with van der Waals surface area (Å²) in [6.45, 7) is 8.66. The van der Waals surface area contributed by atoms with Crippen LogP contribution in [0, 0.1) is 5.92 Å². The van der Waals surface area contributed by atoms with E-state index in [1.54, 1.807) is 12.1 Å². The molecule has 4 nitrogen and oxygen atoms in total. The van der Waals surface area contributed by atoms with Gasteiger partial charge < -0.3 is 14.6 Å². The number of carboxylic acids is 1. The summed E-state index contributed by atoms with van der Waals surface area (Å²) >= 11 is 0. The van der Waals surface area contributed by atoms with Crippen molar-refractivity contribution in [3.8, 4) is 16.9 Å². The second-order valence-electron chi connectivity index (χ2n) is 9.42. The van der Waals surface area contributed by atoms with Gasteiger partial charge in [-0.3, -0.25) is 0 Å². The second-order valence-corrected chi connectivity index (χ2v) is 9.42. The molecule has 2 aromatic rings. The van der Waals surface area contributed by atoms with Crippen LogP contribution >= 0.6 is 0 Å². The Morgan fingerprint density at radius 2 is 1.84 bits per heavy atom. The van der Waals surface area contributed by atoms with Crippen LogP contribution < -0.4 is 4.74 Å². The van der Waals surface area contributed by atoms with Gasteiger partial charge in [-0.15, -0.1) is 0 Å². The van der Waals surface area contributed by atoms with E-state index in [2.05, 4.69) is 52.0 Å². The van der Waals surface area contributed by atoms with Crippen LogP contribution in [0.2, 0.25) is 0 Å². The summed E-state index contributed by atoms with van der Waals surface area (Å²) in [6.07, 6.45) is 6.69. The third-order valence-electron chi connectivity index (χ3n) is 6.73. The van der Waals surface area contributed by atoms with Crippen molar-refractivity contribution >= 4 is 5.97 Å². The predicted octanol–water partition coefficient (Wildman–Crippen LogP) is 6.81. The minimum Gasteiger partial charge on any atom is -0.487 e. The van der Waals surface area contributed by atoms with Crippen LogP contribution in [0.5, 0.6) is 5.75 Å². The van der Waals surface area contributed by atoms with E-state index < -0.39 is 5.97 Å². The van der Waals surface area contributed by atoms with Crippen molar-refractivity contribution in [2.24, 2.45) is 5.92 Å². The molecule has 31 heavy (non-hydrogen) atoms. The first-order valence-corrected chi connectivity index (χ1v) is 11.2. The molecule has 164 valence electrons. The summed E-state index contributed by atoms with van der Waals surface area (Å²) in [6, 6.07) is 13.3. The van der Waals surface area contributed by atoms with E-state index >= 15 is 0 Å². The lowest BCUT2D eigenvalue weighted by molar-refractivity contribution is -0.151. The second kappa shape index (κ2) is 8.51. The van der Waals surface area contributed by atoms with Gasteiger partial charge in [0, 0.05) is 11.5 Å². The molecule has 1 saturated heterocycles. The van der Waals surface area contributed by atoms with Crippen molar-refractivity contribution in [1.82, 2.24) is 0 Å². The fraction of sp³-hybridized carbons (Fsp3) is 0.444. The van der Waals surface area contributed by atoms with Gasteiger partial charge in [0.05, 0.1) is 17.8 Å². The zero-order chi connectivity index (χ0) is 22.2. The maximum Gasteiger partial charge on any atom is 0.335 e. The lowest BCUT2D eigenvalue weighted by Gasteiger charge is -2.50. The van der Waals surface area contributed by atoms with Crippen molar-refractivity contribution < 1.29 is 19.4 Å². The van der Waals surface area contributed by atoms with Crippen molar-refractivity contribution in [2.45, 2.75) is 71.2 Å². The molecule has 0 radical (unpaired) electrons. The molecular weight excluding hydrogens is 388 g/mol. The van der Waals surface area contributed by atoms with Crippen molar-refractivity contribution in [2.75, 3.05) is 0 Å². The largest absolute Gasteiger partial charge is 0.487 e. The van der Waals surface area contributed by atoms with Crippen LogP contribution in [0.15, 0.2) is 54.1 Å². The molecule has 4 atom stereocenters. The first kappa shape index (κ1) is 21.6. The molecule has 4 rings (SSSR count). The Morgan fingerprint density at radius 1 is 1.13 bits per heavy atom. The molecule has 4 heteroatoms. The number of carboxylic acid groups (broad SMARTS) is 1. The van der Waals surface area contributed by atoms with E-state index in [4.69, 9.17) is 14.6 Å². The third kappa shape index (κ3) is 4.40. The van der Waals surface area contributed by atoms with E-state index in [9.17, 15) is 4.79 Å². The summed E-state index contributed by atoms with van der Waals surface area (Å²) < 4.78 is 13.2. The molecule has 0 aliphatic carbocycles. The van der Waals surface area contributed by atoms with Crippen LogP contribution in [0.1, 0.15) is 75.4 Å². The lowest BCUT2D eigenvalue weighted by Crippen LogP contribution is -2.50. The van der Waals surface area contributed by atoms with Crippen LogP contribution in [0.25, 0.3) is 11.1 Å². The first-order valence-electron chi connectivity index (χ1n) is 11.2. The molecule has 0 spiro atoms. The van der Waals surface area contributed by atoms with E-state index in [0.717, 1.165) is 48.1 Å². The van der Waals surface area contributed by atoms with Crippen LogP contribution in [0.3, 0.4) is 0 Å². The van der Waals surface area contributed by atoms with Gasteiger partial charge in [-0.2, -0.15) is 0 Å². The molecule has 0 saturated carbocycles. The molecule has 1 fully saturated rings. The van der Waals surface area contributed by atoms with E-state index in [0.29, 0.717) is 5.92 Å². The highest BCUT2D eigenvalue weighted by molar-refractivity contribution is 5.88. The first-order chi connectivity index (χ1) is 14.8. The van der Waals surface area contributed by atoms with Gasteiger partial charge in [0.2, 0.25) is 0 Å². The number of rotatable bonds is 5. The Hall–Kier alpha value is -2.59. The number of allylic oxidation sites excluding steroid dienone is 2. The molecule has 2 aliphatic heterocycles. The molecule has 2 heterocycles. The van der Waals surface area contributed by atoms with Gasteiger partial charge in [-0.05, 0) is 82.7 Å². The number of hydrogen-bond donors (Lipinski definition) is 1. The summed E-state index contributed by atoms with van der Waals surface area (Å²) in [5.41, 5.74) is 4.46. The van der Waals surface area contributed by atoms with Gasteiger partial charge in [0.15, 0.2) is 0 Å². The van der Waals surface area contributed by atoms with Crippen molar-refractivity contribution in [3.05, 3.63) is 65.2 Å². The smallest absolute Gasteiger partial charge is 0.335 e. The Balaban J connectivity index is 1.69. The minimum atomic E-state index is -0.915. The molecule has 0 aromatic heterocycles. The van der Waals surface area contributed by atoms with Gasteiger partial charge in [0.1, 0.15) is 11.4 Å². The zero-order valence-electron chi connectivity index (χ0n) is 18.9. The molecule has 2 aliphatic rings. The van der Waals surface area contributed by atoms with Crippen molar-refractivity contribution in [3.63, 3.8) is 0 Å². The monoisotopic (exact) mass is 420 g/mol. The summed E-state index contributed by atoms with van der Waals surface area (Å²) in [5, 5.41) is 9.16. The number of aromatic carboxylic acids is 1. The summed E-state index contributed by atoms with van der Waals surface area (Å²) in [4.78, 5) is 11.2. The van der Waals surface area contributed by atoms with Crippen LogP contribution in [0.4, 0.5) is 0 Å². The predicted molar refractivity (Wildman–Crippen MR) is 123 cm³/mol. The molecule has 0 bridgehead atoms. The maximum atomic E-state index is 11.2. The van der Waals surface area contributed by atoms with Crippen LogP contribution in [-0.2, 0) is 4.74 Å². The topological polar surface area (TPSA) is 55.8 Å². The normalized spacial score (nSPS) is 26.9. The third-order valence-corrected chi connectivity index (χ3v) is 6.73. The molecule has 0 unspecified atom stereocenters. The fourth-order valence-corrected chi connectivity index (χ4v) is 4.95. The Bertz CT molecular complexity index is 987. The van der Waals surface area contributed by atoms with Gasteiger partial charge in [-0.1, -0.05) is 35.9 Å². The summed E-state index contributed by atoms with van der Waals surface area (Å²) in [5.74, 6) is 0.305. The average Bonchev–Trinajstić information content (AvgIpc) is 2.73. The van der Waals surface area contributed by atoms with Crippen molar-refractivity contribution in [1.29, 1.82) is 0 Å². The van der Waals surface area contributed by atoms with E-state index in [1.165, 1.54) is 5.57 Å². The van der Waals surface area contributed by atoms with E-state index in [1.807, 2.05) is 12.1 Å². The Morgan fingerprint density at radius 3 is 2.52 bits per heavy atom. The fourth-order valence-electron chi connectivity index (χ4n) is 4.95. The maximum absolute atomic E-state index is 11.2. The van der Waals surface area contributed by atoms with Gasteiger partial charge >= 0.3 is 5.97 Å². The number of fused-ring (bicyclic) bond motifs is 3. The number of carbonyl (C=O) groups is 1. The molecule has 0 amide bonds. The zero-order valence-corrected chi connectivity index (χ0v) is 18.9. The highest BCUT2D eigenvalue weighted by Gasteiger charge is 2.49. The SMILES string of the molecule is CC(C)=CCC[C@@]1(C)Oc2cc(-c3ccc(C(=O)O)cc3)ccc2[C@@H]2O[C@H](C)CC[C@H]21. The average molecular weight is 421 g/mol.